The van der Waals surface area contributed by atoms with E-state index in [4.69, 9.17) is 11.6 Å². The van der Waals surface area contributed by atoms with Crippen LogP contribution in [0.1, 0.15) is 5.56 Å². The summed E-state index contributed by atoms with van der Waals surface area (Å²) in [5.41, 5.74) is 2.20. The van der Waals surface area contributed by atoms with Gasteiger partial charge in [0.2, 0.25) is 0 Å². The zero-order valence-electron chi connectivity index (χ0n) is 15.7. The molecule has 1 aliphatic heterocycles. The average molecular weight is 412 g/mol. The molecule has 0 spiro atoms. The summed E-state index contributed by atoms with van der Waals surface area (Å²) in [5, 5.41) is 0.702. The Bertz CT molecular complexity index is 1010. The quantitative estimate of drug-likeness (QED) is 0.598. The van der Waals surface area contributed by atoms with Crippen LogP contribution in [0.25, 0.3) is 21.9 Å². The van der Waals surface area contributed by atoms with Crippen LogP contribution in [0.15, 0.2) is 24.5 Å². The van der Waals surface area contributed by atoms with Gasteiger partial charge in [-0.05, 0) is 37.7 Å². The van der Waals surface area contributed by atoms with E-state index in [1.807, 2.05) is 12.1 Å². The molecule has 28 heavy (non-hydrogen) atoms. The van der Waals surface area contributed by atoms with Gasteiger partial charge in [-0.3, -0.25) is 4.90 Å². The van der Waals surface area contributed by atoms with Gasteiger partial charge in [0.1, 0.15) is 23.9 Å². The number of rotatable bonds is 5. The van der Waals surface area contributed by atoms with Crippen molar-refractivity contribution in [3.8, 4) is 0 Å². The second kappa shape index (κ2) is 7.17. The molecule has 3 heterocycles. The largest absolute Gasteiger partial charge is 0.406 e. The van der Waals surface area contributed by atoms with Gasteiger partial charge in [0, 0.05) is 31.6 Å². The van der Waals surface area contributed by atoms with Crippen LogP contribution in [-0.2, 0) is 13.1 Å². The van der Waals surface area contributed by atoms with E-state index in [1.54, 1.807) is 6.07 Å². The van der Waals surface area contributed by atoms with E-state index in [2.05, 4.69) is 33.9 Å². The molecule has 5 nitrogen and oxygen atoms in total. The van der Waals surface area contributed by atoms with E-state index in [0.29, 0.717) is 22.3 Å². The van der Waals surface area contributed by atoms with E-state index < -0.39 is 12.7 Å². The number of alkyl halides is 3. The lowest BCUT2D eigenvalue weighted by Gasteiger charge is -2.40. The van der Waals surface area contributed by atoms with Crippen LogP contribution in [-0.4, -0.2) is 64.2 Å². The van der Waals surface area contributed by atoms with Crippen molar-refractivity contribution in [3.05, 3.63) is 35.2 Å². The van der Waals surface area contributed by atoms with Crippen LogP contribution < -0.4 is 0 Å². The van der Waals surface area contributed by atoms with Crippen LogP contribution >= 0.6 is 11.6 Å². The molecule has 2 aromatic heterocycles. The van der Waals surface area contributed by atoms with Gasteiger partial charge >= 0.3 is 6.18 Å². The third kappa shape index (κ3) is 3.81. The molecule has 0 aliphatic carbocycles. The highest BCUT2D eigenvalue weighted by atomic mass is 35.5. The molecular formula is C19H21ClF3N5. The molecule has 0 bridgehead atoms. The van der Waals surface area contributed by atoms with Crippen molar-refractivity contribution in [1.82, 2.24) is 24.3 Å². The highest BCUT2D eigenvalue weighted by Gasteiger charge is 2.31. The Labute approximate surface area is 165 Å². The molecule has 1 aliphatic rings. The van der Waals surface area contributed by atoms with Crippen molar-refractivity contribution in [2.45, 2.75) is 19.3 Å². The van der Waals surface area contributed by atoms with Crippen molar-refractivity contribution in [2.75, 3.05) is 33.7 Å². The fourth-order valence-electron chi connectivity index (χ4n) is 4.06. The Kier molecular flexibility index (Phi) is 4.97. The second-order valence-corrected chi connectivity index (χ2v) is 8.09. The average Bonchev–Trinajstić information content (AvgIpc) is 2.86. The Balaban J connectivity index is 1.66. The SMILES string of the molecule is CN(C)CC1CN(Cc2ccc3c(c2)c2ncnc(Cl)c2n3CC(F)(F)F)C1. The maximum atomic E-state index is 13.1. The van der Waals surface area contributed by atoms with E-state index >= 15 is 0 Å². The van der Waals surface area contributed by atoms with Crippen molar-refractivity contribution >= 4 is 33.5 Å². The fraction of sp³-hybridized carbons (Fsp3) is 0.474. The van der Waals surface area contributed by atoms with Crippen LogP contribution in [0.2, 0.25) is 5.15 Å². The van der Waals surface area contributed by atoms with Crippen LogP contribution in [0.5, 0.6) is 0 Å². The number of halogens is 4. The van der Waals surface area contributed by atoms with Crippen LogP contribution in [0, 0.1) is 5.92 Å². The first-order valence-corrected chi connectivity index (χ1v) is 9.44. The normalized spacial score (nSPS) is 16.4. The molecule has 0 saturated carbocycles. The molecule has 1 fully saturated rings. The predicted molar refractivity (Wildman–Crippen MR) is 103 cm³/mol. The molecule has 0 unspecified atom stereocenters. The summed E-state index contributed by atoms with van der Waals surface area (Å²) in [6.07, 6.45) is -3.08. The Hall–Kier alpha value is -1.90. The zero-order chi connectivity index (χ0) is 20.1. The zero-order valence-corrected chi connectivity index (χ0v) is 16.4. The summed E-state index contributed by atoms with van der Waals surface area (Å²) in [6.45, 7) is 2.76. The molecular weight excluding hydrogens is 391 g/mol. The summed E-state index contributed by atoms with van der Waals surface area (Å²) in [6, 6.07) is 5.54. The van der Waals surface area contributed by atoms with Crippen molar-refractivity contribution < 1.29 is 13.2 Å². The molecule has 1 aromatic carbocycles. The maximum absolute atomic E-state index is 13.1. The van der Waals surface area contributed by atoms with Gasteiger partial charge in [-0.1, -0.05) is 17.7 Å². The standard InChI is InChI=1S/C19H21ClF3N5/c1-26(2)6-13-8-27(9-13)7-12-3-4-15-14(5-12)16-17(18(20)25-11-24-16)28(15)10-19(21,22)23/h3-5,11,13H,6-10H2,1-2H3. The van der Waals surface area contributed by atoms with Gasteiger partial charge in [0.15, 0.2) is 5.15 Å². The van der Waals surface area contributed by atoms with Gasteiger partial charge in [0.05, 0.1) is 5.52 Å². The summed E-state index contributed by atoms with van der Waals surface area (Å²) in [5.74, 6) is 0.666. The van der Waals surface area contributed by atoms with E-state index in [1.165, 1.54) is 6.33 Å². The highest BCUT2D eigenvalue weighted by Crippen LogP contribution is 2.34. The number of benzene rings is 1. The number of fused-ring (bicyclic) bond motifs is 3. The van der Waals surface area contributed by atoms with Crippen LogP contribution in [0.3, 0.4) is 0 Å². The molecule has 1 saturated heterocycles. The topological polar surface area (TPSA) is 37.2 Å². The summed E-state index contributed by atoms with van der Waals surface area (Å²) >= 11 is 6.12. The summed E-state index contributed by atoms with van der Waals surface area (Å²) in [7, 11) is 4.14. The molecule has 0 amide bonds. The monoisotopic (exact) mass is 411 g/mol. The van der Waals surface area contributed by atoms with Gasteiger partial charge in [0.25, 0.3) is 0 Å². The Morgan fingerprint density at radius 1 is 1.21 bits per heavy atom. The van der Waals surface area contributed by atoms with E-state index in [0.717, 1.165) is 36.3 Å². The number of hydrogen-bond acceptors (Lipinski definition) is 4. The molecule has 9 heteroatoms. The first kappa shape index (κ1) is 19.4. The third-order valence-corrected chi connectivity index (χ3v) is 5.33. The van der Waals surface area contributed by atoms with Gasteiger partial charge in [-0.25, -0.2) is 9.97 Å². The second-order valence-electron chi connectivity index (χ2n) is 7.74. The van der Waals surface area contributed by atoms with E-state index in [-0.39, 0.29) is 10.7 Å². The lowest BCUT2D eigenvalue weighted by Crippen LogP contribution is -2.49. The van der Waals surface area contributed by atoms with Gasteiger partial charge in [-0.2, -0.15) is 13.2 Å². The predicted octanol–water partition coefficient (Wildman–Crippen LogP) is 3.79. The van der Waals surface area contributed by atoms with Crippen molar-refractivity contribution in [2.24, 2.45) is 5.92 Å². The van der Waals surface area contributed by atoms with Gasteiger partial charge in [-0.15, -0.1) is 0 Å². The Morgan fingerprint density at radius 3 is 2.64 bits per heavy atom. The minimum absolute atomic E-state index is 0.0290. The number of aromatic nitrogens is 3. The maximum Gasteiger partial charge on any atom is 0.406 e. The molecule has 0 N–H and O–H groups in total. The number of nitrogens with zero attached hydrogens (tertiary/aromatic N) is 5. The molecule has 4 rings (SSSR count). The molecule has 0 radical (unpaired) electrons. The molecule has 0 atom stereocenters. The first-order valence-electron chi connectivity index (χ1n) is 9.06. The molecule has 150 valence electrons. The van der Waals surface area contributed by atoms with Gasteiger partial charge < -0.3 is 9.47 Å². The van der Waals surface area contributed by atoms with Crippen molar-refractivity contribution in [3.63, 3.8) is 0 Å². The lowest BCUT2D eigenvalue weighted by atomic mass is 9.98. The minimum atomic E-state index is -4.37. The number of likely N-dealkylation sites (tertiary alicyclic amines) is 1. The van der Waals surface area contributed by atoms with Crippen molar-refractivity contribution in [1.29, 1.82) is 0 Å². The first-order chi connectivity index (χ1) is 13.2. The highest BCUT2D eigenvalue weighted by molar-refractivity contribution is 6.34. The molecule has 3 aromatic rings. The lowest BCUT2D eigenvalue weighted by molar-refractivity contribution is -0.139. The van der Waals surface area contributed by atoms with E-state index in [9.17, 15) is 13.2 Å². The number of hydrogen-bond donors (Lipinski definition) is 0. The summed E-state index contributed by atoms with van der Waals surface area (Å²) in [4.78, 5) is 12.6. The Morgan fingerprint density at radius 2 is 1.96 bits per heavy atom. The third-order valence-electron chi connectivity index (χ3n) is 5.05. The minimum Gasteiger partial charge on any atom is -0.327 e. The fourth-order valence-corrected chi connectivity index (χ4v) is 4.30. The summed E-state index contributed by atoms with van der Waals surface area (Å²) < 4.78 is 40.5. The van der Waals surface area contributed by atoms with Crippen LogP contribution in [0.4, 0.5) is 13.2 Å². The smallest absolute Gasteiger partial charge is 0.327 e.